The molecule has 0 spiro atoms. The largest absolute Gasteiger partial charge is 0.335 e. The standard InChI is InChI=1S/C13H14FN5O/c14-9-3-1-8(2-4-9)12-17-11(18-19-12)7-15-13(20)16-10-5-6-10/h1-4,10H,5-7H2,(H2,15,16,20)(H,17,18,19). The van der Waals surface area contributed by atoms with Gasteiger partial charge in [0.25, 0.3) is 0 Å². The summed E-state index contributed by atoms with van der Waals surface area (Å²) in [7, 11) is 0. The molecule has 0 radical (unpaired) electrons. The lowest BCUT2D eigenvalue weighted by molar-refractivity contribution is 0.240. The number of amides is 2. The van der Waals surface area contributed by atoms with Crippen LogP contribution in [0.15, 0.2) is 24.3 Å². The van der Waals surface area contributed by atoms with E-state index in [1.165, 1.54) is 12.1 Å². The number of aromatic nitrogens is 3. The van der Waals surface area contributed by atoms with Crippen molar-refractivity contribution in [2.45, 2.75) is 25.4 Å². The molecule has 0 atom stereocenters. The van der Waals surface area contributed by atoms with E-state index in [4.69, 9.17) is 0 Å². The van der Waals surface area contributed by atoms with E-state index in [1.54, 1.807) is 12.1 Å². The van der Waals surface area contributed by atoms with Crippen LogP contribution in [0.25, 0.3) is 11.4 Å². The molecule has 1 saturated carbocycles. The van der Waals surface area contributed by atoms with Crippen LogP contribution in [0.2, 0.25) is 0 Å². The molecule has 20 heavy (non-hydrogen) atoms. The molecule has 1 heterocycles. The first-order valence-corrected chi connectivity index (χ1v) is 6.42. The maximum absolute atomic E-state index is 12.8. The molecule has 3 N–H and O–H groups in total. The molecule has 7 heteroatoms. The maximum Gasteiger partial charge on any atom is 0.315 e. The van der Waals surface area contributed by atoms with Crippen LogP contribution in [-0.2, 0) is 6.54 Å². The van der Waals surface area contributed by atoms with Crippen molar-refractivity contribution < 1.29 is 9.18 Å². The average molecular weight is 275 g/mol. The molecule has 1 aromatic carbocycles. The average Bonchev–Trinajstić information content (AvgIpc) is 3.12. The van der Waals surface area contributed by atoms with Gasteiger partial charge in [0, 0.05) is 11.6 Å². The molecule has 0 saturated heterocycles. The third-order valence-electron chi connectivity index (χ3n) is 2.96. The van der Waals surface area contributed by atoms with Crippen LogP contribution in [0.3, 0.4) is 0 Å². The Hall–Kier alpha value is -2.44. The Kier molecular flexibility index (Phi) is 3.32. The molecule has 1 aliphatic rings. The summed E-state index contributed by atoms with van der Waals surface area (Å²) < 4.78 is 12.8. The number of hydrogen-bond donors (Lipinski definition) is 3. The van der Waals surface area contributed by atoms with Gasteiger partial charge in [-0.1, -0.05) is 0 Å². The van der Waals surface area contributed by atoms with Gasteiger partial charge in [-0.25, -0.2) is 14.2 Å². The quantitative estimate of drug-likeness (QED) is 0.792. The highest BCUT2D eigenvalue weighted by Crippen LogP contribution is 2.18. The van der Waals surface area contributed by atoms with E-state index >= 15 is 0 Å². The Morgan fingerprint density at radius 3 is 2.80 bits per heavy atom. The zero-order valence-corrected chi connectivity index (χ0v) is 10.7. The summed E-state index contributed by atoms with van der Waals surface area (Å²) >= 11 is 0. The SMILES string of the molecule is O=C(NCc1nc(-c2ccc(F)cc2)n[nH]1)NC1CC1. The highest BCUT2D eigenvalue weighted by Gasteiger charge is 2.23. The van der Waals surface area contributed by atoms with Crippen LogP contribution in [0, 0.1) is 5.82 Å². The topological polar surface area (TPSA) is 82.7 Å². The summed E-state index contributed by atoms with van der Waals surface area (Å²) in [5.41, 5.74) is 0.719. The first kappa shape index (κ1) is 12.6. The number of halogens is 1. The number of carbonyl (C=O) groups is 1. The van der Waals surface area contributed by atoms with Crippen molar-refractivity contribution in [3.63, 3.8) is 0 Å². The zero-order valence-electron chi connectivity index (χ0n) is 10.7. The number of H-pyrrole nitrogens is 1. The Labute approximate surface area is 114 Å². The van der Waals surface area contributed by atoms with E-state index in [9.17, 15) is 9.18 Å². The predicted molar refractivity (Wildman–Crippen MR) is 70.2 cm³/mol. The molecule has 6 nitrogen and oxygen atoms in total. The van der Waals surface area contributed by atoms with Crippen molar-refractivity contribution in [1.29, 1.82) is 0 Å². The fourth-order valence-corrected chi connectivity index (χ4v) is 1.73. The second kappa shape index (κ2) is 5.28. The third-order valence-corrected chi connectivity index (χ3v) is 2.96. The van der Waals surface area contributed by atoms with Gasteiger partial charge in [0.15, 0.2) is 5.82 Å². The van der Waals surface area contributed by atoms with Crippen molar-refractivity contribution in [3.05, 3.63) is 35.9 Å². The molecule has 104 valence electrons. The van der Waals surface area contributed by atoms with E-state index in [1.807, 2.05) is 0 Å². The van der Waals surface area contributed by atoms with Gasteiger partial charge < -0.3 is 10.6 Å². The van der Waals surface area contributed by atoms with Crippen LogP contribution < -0.4 is 10.6 Å². The van der Waals surface area contributed by atoms with E-state index in [-0.39, 0.29) is 18.4 Å². The predicted octanol–water partition coefficient (Wildman–Crippen LogP) is 1.57. The molecule has 2 amide bonds. The second-order valence-corrected chi connectivity index (χ2v) is 4.71. The van der Waals surface area contributed by atoms with Gasteiger partial charge in [-0.3, -0.25) is 5.10 Å². The van der Waals surface area contributed by atoms with Gasteiger partial charge in [0.2, 0.25) is 0 Å². The highest BCUT2D eigenvalue weighted by molar-refractivity contribution is 5.74. The van der Waals surface area contributed by atoms with Gasteiger partial charge in [-0.2, -0.15) is 5.10 Å². The lowest BCUT2D eigenvalue weighted by atomic mass is 10.2. The molecule has 0 unspecified atom stereocenters. The first-order valence-electron chi connectivity index (χ1n) is 6.42. The van der Waals surface area contributed by atoms with Gasteiger partial charge in [-0.05, 0) is 37.1 Å². The molecule has 1 aromatic heterocycles. The van der Waals surface area contributed by atoms with Gasteiger partial charge >= 0.3 is 6.03 Å². The van der Waals surface area contributed by atoms with Crippen LogP contribution in [0.4, 0.5) is 9.18 Å². The monoisotopic (exact) mass is 275 g/mol. The summed E-state index contributed by atoms with van der Waals surface area (Å²) in [5.74, 6) is 0.725. The Balaban J connectivity index is 1.58. The van der Waals surface area contributed by atoms with Crippen molar-refractivity contribution in [3.8, 4) is 11.4 Å². The second-order valence-electron chi connectivity index (χ2n) is 4.71. The van der Waals surface area contributed by atoms with Gasteiger partial charge in [-0.15, -0.1) is 0 Å². The molecule has 1 aliphatic carbocycles. The molecule has 3 rings (SSSR count). The summed E-state index contributed by atoms with van der Waals surface area (Å²) in [6.07, 6.45) is 2.09. The summed E-state index contributed by atoms with van der Waals surface area (Å²) in [6.45, 7) is 0.271. The molecular weight excluding hydrogens is 261 g/mol. The summed E-state index contributed by atoms with van der Waals surface area (Å²) in [5, 5.41) is 12.3. The van der Waals surface area contributed by atoms with E-state index in [2.05, 4.69) is 25.8 Å². The van der Waals surface area contributed by atoms with Crippen molar-refractivity contribution in [2.24, 2.45) is 0 Å². The summed E-state index contributed by atoms with van der Waals surface area (Å²) in [4.78, 5) is 15.7. The van der Waals surface area contributed by atoms with E-state index in [0.717, 1.165) is 18.4 Å². The molecule has 0 bridgehead atoms. The smallest absolute Gasteiger partial charge is 0.315 e. The Morgan fingerprint density at radius 1 is 1.35 bits per heavy atom. The number of nitrogens with zero attached hydrogens (tertiary/aromatic N) is 2. The molecular formula is C13H14FN5O. The lowest BCUT2D eigenvalue weighted by Gasteiger charge is -2.03. The van der Waals surface area contributed by atoms with Crippen molar-refractivity contribution >= 4 is 6.03 Å². The number of benzene rings is 1. The van der Waals surface area contributed by atoms with Crippen LogP contribution in [-0.4, -0.2) is 27.3 Å². The van der Waals surface area contributed by atoms with Gasteiger partial charge in [0.1, 0.15) is 11.6 Å². The number of urea groups is 1. The minimum atomic E-state index is -0.303. The van der Waals surface area contributed by atoms with E-state index < -0.39 is 0 Å². The maximum atomic E-state index is 12.8. The minimum absolute atomic E-state index is 0.202. The first-order chi connectivity index (χ1) is 9.70. The van der Waals surface area contributed by atoms with Gasteiger partial charge in [0.05, 0.1) is 6.54 Å². The lowest BCUT2D eigenvalue weighted by Crippen LogP contribution is -2.36. The molecule has 0 aliphatic heterocycles. The normalized spacial score (nSPS) is 14.1. The zero-order chi connectivity index (χ0) is 13.9. The Morgan fingerprint density at radius 2 is 2.10 bits per heavy atom. The summed E-state index contributed by atoms with van der Waals surface area (Å²) in [6, 6.07) is 6.04. The fourth-order valence-electron chi connectivity index (χ4n) is 1.73. The van der Waals surface area contributed by atoms with Crippen molar-refractivity contribution in [1.82, 2.24) is 25.8 Å². The highest BCUT2D eigenvalue weighted by atomic mass is 19.1. The minimum Gasteiger partial charge on any atom is -0.335 e. The van der Waals surface area contributed by atoms with Crippen LogP contribution in [0.5, 0.6) is 0 Å². The number of carbonyl (C=O) groups excluding carboxylic acids is 1. The Bertz CT molecular complexity index is 605. The van der Waals surface area contributed by atoms with E-state index in [0.29, 0.717) is 17.7 Å². The number of rotatable bonds is 4. The third kappa shape index (κ3) is 3.11. The number of aromatic amines is 1. The van der Waals surface area contributed by atoms with Crippen LogP contribution >= 0.6 is 0 Å². The molecule has 1 fully saturated rings. The van der Waals surface area contributed by atoms with Crippen molar-refractivity contribution in [2.75, 3.05) is 0 Å². The number of nitrogens with one attached hydrogen (secondary N) is 3. The molecule has 2 aromatic rings. The van der Waals surface area contributed by atoms with Crippen LogP contribution in [0.1, 0.15) is 18.7 Å². The fraction of sp³-hybridized carbons (Fsp3) is 0.308. The number of hydrogen-bond acceptors (Lipinski definition) is 3.